The Hall–Kier alpha value is -1.36. The van der Waals surface area contributed by atoms with Crippen molar-refractivity contribution < 1.29 is 4.79 Å². The summed E-state index contributed by atoms with van der Waals surface area (Å²) in [4.78, 5) is 22.1. The average Bonchev–Trinajstić information content (AvgIpc) is 2.20. The third kappa shape index (κ3) is 1.95. The van der Waals surface area contributed by atoms with E-state index >= 15 is 0 Å². The molecule has 1 aliphatic heterocycles. The van der Waals surface area contributed by atoms with Crippen LogP contribution >= 0.6 is 11.6 Å². The molecule has 0 aromatic carbocycles. The van der Waals surface area contributed by atoms with Gasteiger partial charge in [0.1, 0.15) is 11.7 Å². The molecule has 17 heavy (non-hydrogen) atoms. The zero-order valence-electron chi connectivity index (χ0n) is 10.3. The van der Waals surface area contributed by atoms with Gasteiger partial charge in [0.15, 0.2) is 5.82 Å². The number of nitrogens with one attached hydrogen (secondary N) is 1. The Bertz CT molecular complexity index is 475. The molecule has 1 amide bonds. The molecular formula is C11H15ClN4O. The first-order chi connectivity index (χ1) is 7.91. The van der Waals surface area contributed by atoms with Gasteiger partial charge in [-0.15, -0.1) is 0 Å². The predicted molar refractivity (Wildman–Crippen MR) is 67.5 cm³/mol. The second-order valence-electron chi connectivity index (χ2n) is 4.44. The van der Waals surface area contributed by atoms with Crippen molar-refractivity contribution >= 4 is 29.0 Å². The van der Waals surface area contributed by atoms with Crippen LogP contribution in [0.2, 0.25) is 5.28 Å². The number of anilines is 2. The number of amides is 1. The van der Waals surface area contributed by atoms with Crippen LogP contribution in [0.25, 0.3) is 0 Å². The van der Waals surface area contributed by atoms with Crippen molar-refractivity contribution in [1.82, 2.24) is 9.97 Å². The van der Waals surface area contributed by atoms with Crippen molar-refractivity contribution in [2.24, 2.45) is 0 Å². The largest absolute Gasteiger partial charge is 0.341 e. The zero-order chi connectivity index (χ0) is 12.7. The van der Waals surface area contributed by atoms with E-state index in [2.05, 4.69) is 15.3 Å². The summed E-state index contributed by atoms with van der Waals surface area (Å²) in [5.74, 6) is 0.657. The lowest BCUT2D eigenvalue weighted by Crippen LogP contribution is -2.50. The predicted octanol–water partition coefficient (Wildman–Crippen LogP) is 1.99. The topological polar surface area (TPSA) is 58.1 Å². The fourth-order valence-corrected chi connectivity index (χ4v) is 2.29. The molecule has 6 heteroatoms. The molecule has 1 N–H and O–H groups in total. The molecule has 2 heterocycles. The highest BCUT2D eigenvalue weighted by Gasteiger charge is 2.33. The van der Waals surface area contributed by atoms with Crippen LogP contribution < -0.4 is 10.2 Å². The second kappa shape index (κ2) is 4.14. The number of hydrogen-bond donors (Lipinski definition) is 1. The lowest BCUT2D eigenvalue weighted by Gasteiger charge is -2.38. The standard InChI is InChI=1S/C11H15ClN4O/c1-5(2)16-7(4)10(17)14-8-6(3)13-11(12)15-9(8)16/h5,7H,1-4H3,(H,14,17)/t7-/m0/s1. The molecule has 1 atom stereocenters. The maximum atomic E-state index is 11.9. The molecule has 0 spiro atoms. The van der Waals surface area contributed by atoms with E-state index in [1.165, 1.54) is 0 Å². The fourth-order valence-electron chi connectivity index (χ4n) is 2.09. The molecule has 1 aliphatic rings. The maximum absolute atomic E-state index is 11.9. The fraction of sp³-hybridized carbons (Fsp3) is 0.545. The first kappa shape index (κ1) is 12.1. The van der Waals surface area contributed by atoms with Gasteiger partial charge in [-0.3, -0.25) is 4.79 Å². The zero-order valence-corrected chi connectivity index (χ0v) is 11.0. The molecule has 0 unspecified atom stereocenters. The highest BCUT2D eigenvalue weighted by atomic mass is 35.5. The lowest BCUT2D eigenvalue weighted by molar-refractivity contribution is -0.117. The van der Waals surface area contributed by atoms with Crippen LogP contribution in [0.3, 0.4) is 0 Å². The van der Waals surface area contributed by atoms with Crippen LogP contribution in [-0.4, -0.2) is 28.0 Å². The number of carbonyl (C=O) groups excluding carboxylic acids is 1. The number of aromatic nitrogens is 2. The minimum atomic E-state index is -0.257. The Morgan fingerprint density at radius 1 is 1.41 bits per heavy atom. The summed E-state index contributed by atoms with van der Waals surface area (Å²) < 4.78 is 0. The molecule has 92 valence electrons. The van der Waals surface area contributed by atoms with Crippen molar-refractivity contribution in [3.8, 4) is 0 Å². The summed E-state index contributed by atoms with van der Waals surface area (Å²) >= 11 is 5.87. The first-order valence-electron chi connectivity index (χ1n) is 5.55. The average molecular weight is 255 g/mol. The molecule has 0 saturated carbocycles. The summed E-state index contributed by atoms with van der Waals surface area (Å²) in [6.07, 6.45) is 0. The Balaban J connectivity index is 2.62. The molecule has 5 nitrogen and oxygen atoms in total. The van der Waals surface area contributed by atoms with E-state index in [9.17, 15) is 4.79 Å². The van der Waals surface area contributed by atoms with E-state index in [1.807, 2.05) is 25.7 Å². The van der Waals surface area contributed by atoms with E-state index in [-0.39, 0.29) is 23.3 Å². The molecule has 0 fully saturated rings. The second-order valence-corrected chi connectivity index (χ2v) is 4.78. The van der Waals surface area contributed by atoms with Crippen LogP contribution in [0.4, 0.5) is 11.5 Å². The molecule has 0 saturated heterocycles. The molecule has 1 aromatic rings. The van der Waals surface area contributed by atoms with Gasteiger partial charge in [0.25, 0.3) is 0 Å². The van der Waals surface area contributed by atoms with Gasteiger partial charge in [-0.1, -0.05) is 0 Å². The number of halogens is 1. The van der Waals surface area contributed by atoms with Gasteiger partial charge < -0.3 is 10.2 Å². The number of carbonyl (C=O) groups is 1. The Labute approximate surface area is 105 Å². The number of nitrogens with zero attached hydrogens (tertiary/aromatic N) is 3. The molecule has 0 aliphatic carbocycles. The van der Waals surface area contributed by atoms with Crippen LogP contribution in [0.1, 0.15) is 26.5 Å². The normalized spacial score (nSPS) is 19.3. The van der Waals surface area contributed by atoms with Crippen LogP contribution in [0, 0.1) is 6.92 Å². The molecule has 0 radical (unpaired) electrons. The minimum absolute atomic E-state index is 0.0415. The third-order valence-corrected chi connectivity index (χ3v) is 3.06. The number of fused-ring (bicyclic) bond motifs is 1. The van der Waals surface area contributed by atoms with Crippen LogP contribution in [0.5, 0.6) is 0 Å². The highest BCUT2D eigenvalue weighted by Crippen LogP contribution is 2.34. The van der Waals surface area contributed by atoms with Crippen molar-refractivity contribution in [3.05, 3.63) is 11.0 Å². The molecule has 0 bridgehead atoms. The van der Waals surface area contributed by atoms with Gasteiger partial charge in [-0.05, 0) is 39.3 Å². The van der Waals surface area contributed by atoms with Crippen molar-refractivity contribution in [3.63, 3.8) is 0 Å². The van der Waals surface area contributed by atoms with E-state index < -0.39 is 0 Å². The minimum Gasteiger partial charge on any atom is -0.341 e. The smallest absolute Gasteiger partial charge is 0.247 e. The Morgan fingerprint density at radius 2 is 2.06 bits per heavy atom. The summed E-state index contributed by atoms with van der Waals surface area (Å²) in [5, 5.41) is 3.03. The Kier molecular flexibility index (Phi) is 2.95. The van der Waals surface area contributed by atoms with Gasteiger partial charge in [-0.2, -0.15) is 4.98 Å². The monoisotopic (exact) mass is 254 g/mol. The van der Waals surface area contributed by atoms with E-state index in [1.54, 1.807) is 6.92 Å². The van der Waals surface area contributed by atoms with Gasteiger partial charge >= 0.3 is 0 Å². The van der Waals surface area contributed by atoms with Gasteiger partial charge in [0, 0.05) is 6.04 Å². The summed E-state index contributed by atoms with van der Waals surface area (Å²) in [6, 6.07) is -0.0898. The molecule has 1 aromatic heterocycles. The molecule has 2 rings (SSSR count). The number of rotatable bonds is 1. The highest BCUT2D eigenvalue weighted by molar-refractivity contribution is 6.28. The van der Waals surface area contributed by atoms with Crippen molar-refractivity contribution in [1.29, 1.82) is 0 Å². The SMILES string of the molecule is Cc1nc(Cl)nc2c1NC(=O)[C@H](C)N2C(C)C. The molecular weight excluding hydrogens is 240 g/mol. The number of aryl methyl sites for hydroxylation is 1. The Morgan fingerprint density at radius 3 is 2.65 bits per heavy atom. The number of hydrogen-bond acceptors (Lipinski definition) is 4. The summed E-state index contributed by atoms with van der Waals surface area (Å²) in [6.45, 7) is 7.69. The lowest BCUT2D eigenvalue weighted by atomic mass is 10.1. The van der Waals surface area contributed by atoms with Crippen LogP contribution in [-0.2, 0) is 4.79 Å². The van der Waals surface area contributed by atoms with E-state index in [0.29, 0.717) is 17.2 Å². The van der Waals surface area contributed by atoms with Gasteiger partial charge in [-0.25, -0.2) is 4.98 Å². The van der Waals surface area contributed by atoms with E-state index in [0.717, 1.165) is 0 Å². The first-order valence-corrected chi connectivity index (χ1v) is 5.93. The van der Waals surface area contributed by atoms with Gasteiger partial charge in [0.05, 0.1) is 5.69 Å². The maximum Gasteiger partial charge on any atom is 0.247 e. The van der Waals surface area contributed by atoms with Crippen molar-refractivity contribution in [2.75, 3.05) is 10.2 Å². The van der Waals surface area contributed by atoms with Crippen LogP contribution in [0.15, 0.2) is 0 Å². The third-order valence-electron chi connectivity index (χ3n) is 2.89. The quantitative estimate of drug-likeness (QED) is 0.779. The van der Waals surface area contributed by atoms with E-state index in [4.69, 9.17) is 11.6 Å². The van der Waals surface area contributed by atoms with Gasteiger partial charge in [0.2, 0.25) is 11.2 Å². The van der Waals surface area contributed by atoms with Crippen molar-refractivity contribution in [2.45, 2.75) is 39.8 Å². The summed E-state index contributed by atoms with van der Waals surface area (Å²) in [7, 11) is 0. The summed E-state index contributed by atoms with van der Waals surface area (Å²) in [5.41, 5.74) is 1.34.